The second-order valence-electron chi connectivity index (χ2n) is 6.13. The van der Waals surface area contributed by atoms with Gasteiger partial charge in [0, 0.05) is 26.2 Å². The summed E-state index contributed by atoms with van der Waals surface area (Å²) in [7, 11) is 0. The molecule has 0 spiro atoms. The van der Waals surface area contributed by atoms with Crippen molar-refractivity contribution < 1.29 is 14.6 Å². The van der Waals surface area contributed by atoms with E-state index in [1.165, 1.54) is 5.57 Å². The molecule has 0 saturated carbocycles. The van der Waals surface area contributed by atoms with Gasteiger partial charge in [0.1, 0.15) is 5.75 Å². The van der Waals surface area contributed by atoms with Gasteiger partial charge in [-0.1, -0.05) is 18.2 Å². The van der Waals surface area contributed by atoms with Crippen LogP contribution in [0, 0.1) is 0 Å². The predicted molar refractivity (Wildman–Crippen MR) is 89.1 cm³/mol. The molecule has 0 bridgehead atoms. The normalized spacial score (nSPS) is 20.9. The van der Waals surface area contributed by atoms with Gasteiger partial charge in [-0.3, -0.25) is 9.69 Å². The summed E-state index contributed by atoms with van der Waals surface area (Å²) in [5.74, 6) is 0.492. The topological polar surface area (TPSA) is 53.0 Å². The lowest BCUT2D eigenvalue weighted by Gasteiger charge is -2.35. The predicted octanol–water partition coefficient (Wildman–Crippen LogP) is 1.73. The van der Waals surface area contributed by atoms with Crippen molar-refractivity contribution in [2.45, 2.75) is 19.4 Å². The van der Waals surface area contributed by atoms with Gasteiger partial charge in [-0.25, -0.2) is 0 Å². The number of amides is 1. The highest BCUT2D eigenvalue weighted by molar-refractivity contribution is 5.81. The van der Waals surface area contributed by atoms with Gasteiger partial charge >= 0.3 is 0 Å². The van der Waals surface area contributed by atoms with Gasteiger partial charge in [0.15, 0.2) is 0 Å². The van der Waals surface area contributed by atoms with Gasteiger partial charge in [-0.2, -0.15) is 0 Å². The van der Waals surface area contributed by atoms with Crippen LogP contribution in [0.15, 0.2) is 30.3 Å². The lowest BCUT2D eigenvalue weighted by molar-refractivity contribution is -0.140. The van der Waals surface area contributed by atoms with Crippen LogP contribution < -0.4 is 0 Å². The Bertz CT molecular complexity index is 576. The summed E-state index contributed by atoms with van der Waals surface area (Å²) in [6.07, 6.45) is 3.12. The van der Waals surface area contributed by atoms with Crippen LogP contribution in [-0.4, -0.2) is 66.2 Å². The van der Waals surface area contributed by atoms with Gasteiger partial charge in [-0.05, 0) is 36.6 Å². The van der Waals surface area contributed by atoms with Crippen molar-refractivity contribution in [3.05, 3.63) is 35.9 Å². The lowest BCUT2D eigenvalue weighted by atomic mass is 9.98. The van der Waals surface area contributed by atoms with Crippen LogP contribution in [0.25, 0.3) is 5.57 Å². The number of nitrogens with zero attached hydrogens (tertiary/aromatic N) is 2. The minimum atomic E-state index is -0.0919. The van der Waals surface area contributed by atoms with Crippen molar-refractivity contribution in [2.24, 2.45) is 0 Å². The van der Waals surface area contributed by atoms with Crippen LogP contribution in [0.3, 0.4) is 0 Å². The summed E-state index contributed by atoms with van der Waals surface area (Å²) in [6, 6.07) is 7.23. The average molecular weight is 316 g/mol. The summed E-state index contributed by atoms with van der Waals surface area (Å²) < 4.78 is 5.31. The molecule has 1 N–H and O–H groups in total. The third-order valence-corrected chi connectivity index (χ3v) is 4.71. The molecular formula is C18H24N2O3. The quantitative estimate of drug-likeness (QED) is 0.923. The van der Waals surface area contributed by atoms with Gasteiger partial charge < -0.3 is 14.7 Å². The molecule has 1 amide bonds. The summed E-state index contributed by atoms with van der Waals surface area (Å²) in [6.45, 7) is 6.35. The second kappa shape index (κ2) is 7.15. The Morgan fingerprint density at radius 2 is 1.87 bits per heavy atom. The van der Waals surface area contributed by atoms with Crippen LogP contribution in [0.2, 0.25) is 0 Å². The number of carbonyl (C=O) groups is 1. The van der Waals surface area contributed by atoms with Crippen LogP contribution in [0.4, 0.5) is 0 Å². The minimum absolute atomic E-state index is 0.0919. The molecule has 0 aliphatic carbocycles. The Morgan fingerprint density at radius 1 is 1.17 bits per heavy atom. The maximum absolute atomic E-state index is 12.6. The minimum Gasteiger partial charge on any atom is -0.508 e. The zero-order valence-corrected chi connectivity index (χ0v) is 13.6. The maximum atomic E-state index is 12.6. The number of phenols is 1. The number of ether oxygens (including phenoxy) is 1. The maximum Gasteiger partial charge on any atom is 0.239 e. The molecule has 5 heteroatoms. The van der Waals surface area contributed by atoms with Crippen molar-refractivity contribution in [3.63, 3.8) is 0 Å². The SMILES string of the molecule is CC(C(=O)N1CCOCC1)N1CC=C(c2ccc(O)cc2)CC1. The van der Waals surface area contributed by atoms with Gasteiger partial charge in [0.25, 0.3) is 0 Å². The largest absolute Gasteiger partial charge is 0.508 e. The molecule has 2 aliphatic heterocycles. The molecule has 1 fully saturated rings. The molecule has 3 rings (SSSR count). The molecular weight excluding hydrogens is 292 g/mol. The molecule has 1 saturated heterocycles. The molecule has 0 radical (unpaired) electrons. The van der Waals surface area contributed by atoms with Crippen LogP contribution in [0.1, 0.15) is 18.9 Å². The van der Waals surface area contributed by atoms with E-state index in [-0.39, 0.29) is 17.7 Å². The van der Waals surface area contributed by atoms with E-state index >= 15 is 0 Å². The first-order valence-corrected chi connectivity index (χ1v) is 8.24. The van der Waals surface area contributed by atoms with E-state index in [9.17, 15) is 9.90 Å². The number of rotatable bonds is 3. The number of phenolic OH excluding ortho intramolecular Hbond substituents is 1. The first-order chi connectivity index (χ1) is 11.1. The van der Waals surface area contributed by atoms with Gasteiger partial charge in [-0.15, -0.1) is 0 Å². The van der Waals surface area contributed by atoms with Crippen LogP contribution in [0.5, 0.6) is 5.75 Å². The van der Waals surface area contributed by atoms with Crippen molar-refractivity contribution in [1.82, 2.24) is 9.80 Å². The first kappa shape index (κ1) is 16.0. The van der Waals surface area contributed by atoms with Gasteiger partial charge in [0.2, 0.25) is 5.91 Å². The van der Waals surface area contributed by atoms with Crippen molar-refractivity contribution in [3.8, 4) is 5.75 Å². The summed E-state index contributed by atoms with van der Waals surface area (Å²) in [5, 5.41) is 9.38. The highest BCUT2D eigenvalue weighted by Crippen LogP contribution is 2.25. The third-order valence-electron chi connectivity index (χ3n) is 4.71. The number of benzene rings is 1. The number of morpholine rings is 1. The number of hydrogen-bond donors (Lipinski definition) is 1. The Balaban J connectivity index is 1.60. The molecule has 23 heavy (non-hydrogen) atoms. The van der Waals surface area contributed by atoms with Crippen molar-refractivity contribution in [1.29, 1.82) is 0 Å². The Labute approximate surface area is 137 Å². The summed E-state index contributed by atoms with van der Waals surface area (Å²) >= 11 is 0. The average Bonchev–Trinajstić information content (AvgIpc) is 2.62. The number of carbonyl (C=O) groups excluding carboxylic acids is 1. The van der Waals surface area contributed by atoms with Crippen LogP contribution >= 0.6 is 0 Å². The Morgan fingerprint density at radius 3 is 2.48 bits per heavy atom. The lowest BCUT2D eigenvalue weighted by Crippen LogP contribution is -2.51. The van der Waals surface area contributed by atoms with Crippen LogP contribution in [-0.2, 0) is 9.53 Å². The fraction of sp³-hybridized carbons (Fsp3) is 0.500. The smallest absolute Gasteiger partial charge is 0.239 e. The first-order valence-electron chi connectivity index (χ1n) is 8.24. The third kappa shape index (κ3) is 3.74. The Hall–Kier alpha value is -1.85. The fourth-order valence-electron chi connectivity index (χ4n) is 3.18. The summed E-state index contributed by atoms with van der Waals surface area (Å²) in [5.41, 5.74) is 2.43. The number of aromatic hydroxyl groups is 1. The molecule has 124 valence electrons. The van der Waals surface area contributed by atoms with E-state index in [2.05, 4.69) is 11.0 Å². The van der Waals surface area contributed by atoms with Crippen molar-refractivity contribution >= 4 is 11.5 Å². The van der Waals surface area contributed by atoms with E-state index in [0.717, 1.165) is 25.1 Å². The van der Waals surface area contributed by atoms with E-state index in [0.29, 0.717) is 26.3 Å². The molecule has 2 aliphatic rings. The molecule has 1 aromatic rings. The number of hydrogen-bond acceptors (Lipinski definition) is 4. The molecule has 0 aromatic heterocycles. The molecule has 2 heterocycles. The van der Waals surface area contributed by atoms with Crippen molar-refractivity contribution in [2.75, 3.05) is 39.4 Å². The zero-order chi connectivity index (χ0) is 16.2. The van der Waals surface area contributed by atoms with E-state index in [1.54, 1.807) is 12.1 Å². The van der Waals surface area contributed by atoms with Gasteiger partial charge in [0.05, 0.1) is 19.3 Å². The monoisotopic (exact) mass is 316 g/mol. The molecule has 5 nitrogen and oxygen atoms in total. The zero-order valence-electron chi connectivity index (χ0n) is 13.6. The molecule has 1 aromatic carbocycles. The van der Waals surface area contributed by atoms with E-state index in [1.807, 2.05) is 24.0 Å². The molecule has 1 unspecified atom stereocenters. The highest BCUT2D eigenvalue weighted by atomic mass is 16.5. The highest BCUT2D eigenvalue weighted by Gasteiger charge is 2.28. The second-order valence-corrected chi connectivity index (χ2v) is 6.13. The summed E-state index contributed by atoms with van der Waals surface area (Å²) in [4.78, 5) is 16.7. The van der Waals surface area contributed by atoms with E-state index < -0.39 is 0 Å². The molecule has 1 atom stereocenters. The van der Waals surface area contributed by atoms with E-state index in [4.69, 9.17) is 4.74 Å². The fourth-order valence-corrected chi connectivity index (χ4v) is 3.18. The standard InChI is InChI=1S/C18H24N2O3/c1-14(18(22)20-10-12-23-13-11-20)19-8-6-16(7-9-19)15-2-4-17(21)5-3-15/h2-6,14,21H,7-13H2,1H3. The Kier molecular flexibility index (Phi) is 4.98.